The average molecular weight is 312 g/mol. The van der Waals surface area contributed by atoms with Crippen LogP contribution in [0.5, 0.6) is 0 Å². The molecule has 2 aromatic carbocycles. The molecule has 5 heteroatoms. The number of hydrogen-bond acceptors (Lipinski definition) is 4. The molecular weight excluding hydrogens is 302 g/mol. The predicted molar refractivity (Wildman–Crippen MR) is 84.2 cm³/mol. The molecule has 0 saturated carbocycles. The largest absolute Gasteiger partial charge is 0.192 e. The van der Waals surface area contributed by atoms with Crippen LogP contribution in [0.25, 0.3) is 10.6 Å². The molecule has 3 rings (SSSR count). The summed E-state index contributed by atoms with van der Waals surface area (Å²) in [6.45, 7) is 0. The molecule has 1 unspecified atom stereocenters. The minimum Gasteiger partial charge on any atom is -0.192 e. The number of nitriles is 1. The first-order valence-electron chi connectivity index (χ1n) is 6.31. The fraction of sp³-hybridized carbons (Fsp3) is 0.0625. The summed E-state index contributed by atoms with van der Waals surface area (Å²) < 4.78 is 0. The van der Waals surface area contributed by atoms with E-state index in [0.717, 1.165) is 21.1 Å². The maximum atomic E-state index is 8.81. The van der Waals surface area contributed by atoms with Crippen molar-refractivity contribution in [1.29, 1.82) is 5.26 Å². The smallest absolute Gasteiger partial charge is 0.147 e. The SMILES string of the molecule is N#Cc1ccc(-c2nnc(C(Cl)c3ccccc3)s2)cc1. The standard InChI is InChI=1S/C16H10ClN3S/c17-14(12-4-2-1-3-5-12)16-20-19-15(21-16)13-8-6-11(10-18)7-9-13/h1-9,14H. The van der Waals surface area contributed by atoms with E-state index in [0.29, 0.717) is 5.56 Å². The van der Waals surface area contributed by atoms with E-state index in [1.54, 1.807) is 12.1 Å². The lowest BCUT2D eigenvalue weighted by Crippen LogP contribution is -1.91. The first-order valence-corrected chi connectivity index (χ1v) is 7.56. The van der Waals surface area contributed by atoms with Crippen LogP contribution < -0.4 is 0 Å². The second kappa shape index (κ2) is 6.04. The highest BCUT2D eigenvalue weighted by Gasteiger charge is 2.16. The number of hydrogen-bond donors (Lipinski definition) is 0. The van der Waals surface area contributed by atoms with Gasteiger partial charge in [0.05, 0.1) is 11.6 Å². The Morgan fingerprint density at radius 2 is 1.71 bits per heavy atom. The third kappa shape index (κ3) is 2.94. The van der Waals surface area contributed by atoms with Crippen molar-refractivity contribution in [3.8, 4) is 16.6 Å². The molecule has 0 N–H and O–H groups in total. The molecule has 102 valence electrons. The molecule has 0 bridgehead atoms. The van der Waals surface area contributed by atoms with Crippen molar-refractivity contribution < 1.29 is 0 Å². The molecule has 1 atom stereocenters. The number of aromatic nitrogens is 2. The average Bonchev–Trinajstić information content (AvgIpc) is 3.05. The molecule has 0 spiro atoms. The van der Waals surface area contributed by atoms with E-state index in [1.807, 2.05) is 42.5 Å². The van der Waals surface area contributed by atoms with Crippen molar-refractivity contribution in [2.75, 3.05) is 0 Å². The Morgan fingerprint density at radius 1 is 1.00 bits per heavy atom. The van der Waals surface area contributed by atoms with E-state index in [1.165, 1.54) is 11.3 Å². The van der Waals surface area contributed by atoms with Gasteiger partial charge in [0.1, 0.15) is 15.4 Å². The number of halogens is 1. The zero-order valence-corrected chi connectivity index (χ0v) is 12.5. The molecular formula is C16H10ClN3S. The van der Waals surface area contributed by atoms with Crippen LogP contribution in [0.4, 0.5) is 0 Å². The third-order valence-corrected chi connectivity index (χ3v) is 4.64. The van der Waals surface area contributed by atoms with Gasteiger partial charge in [-0.25, -0.2) is 0 Å². The van der Waals surface area contributed by atoms with Crippen molar-refractivity contribution in [2.24, 2.45) is 0 Å². The molecule has 1 heterocycles. The lowest BCUT2D eigenvalue weighted by molar-refractivity contribution is 0.988. The Morgan fingerprint density at radius 3 is 2.38 bits per heavy atom. The van der Waals surface area contributed by atoms with Gasteiger partial charge in [-0.3, -0.25) is 0 Å². The molecule has 0 aliphatic rings. The molecule has 3 aromatic rings. The highest BCUT2D eigenvalue weighted by molar-refractivity contribution is 7.15. The van der Waals surface area contributed by atoms with Gasteiger partial charge in [0, 0.05) is 5.56 Å². The van der Waals surface area contributed by atoms with Crippen molar-refractivity contribution >= 4 is 22.9 Å². The number of benzene rings is 2. The quantitative estimate of drug-likeness (QED) is 0.673. The highest BCUT2D eigenvalue weighted by Crippen LogP contribution is 2.33. The minimum atomic E-state index is -0.296. The highest BCUT2D eigenvalue weighted by atomic mass is 35.5. The maximum absolute atomic E-state index is 8.81. The van der Waals surface area contributed by atoms with Crippen molar-refractivity contribution in [1.82, 2.24) is 10.2 Å². The summed E-state index contributed by atoms with van der Waals surface area (Å²) in [6, 6.07) is 19.2. The summed E-state index contributed by atoms with van der Waals surface area (Å²) in [6.07, 6.45) is 0. The van der Waals surface area contributed by atoms with E-state index < -0.39 is 0 Å². The lowest BCUT2D eigenvalue weighted by atomic mass is 10.1. The molecule has 0 saturated heterocycles. The van der Waals surface area contributed by atoms with Crippen LogP contribution in [0.1, 0.15) is 21.5 Å². The summed E-state index contributed by atoms with van der Waals surface area (Å²) in [4.78, 5) is 0. The monoisotopic (exact) mass is 311 g/mol. The Balaban J connectivity index is 1.87. The maximum Gasteiger partial charge on any atom is 0.147 e. The van der Waals surface area contributed by atoms with Gasteiger partial charge in [-0.2, -0.15) is 5.26 Å². The van der Waals surface area contributed by atoms with Gasteiger partial charge in [0.15, 0.2) is 0 Å². The van der Waals surface area contributed by atoms with Crippen LogP contribution in [0.15, 0.2) is 54.6 Å². The Labute approximate surface area is 131 Å². The molecule has 0 aliphatic carbocycles. The molecule has 1 aromatic heterocycles. The van der Waals surface area contributed by atoms with Crippen molar-refractivity contribution in [2.45, 2.75) is 5.38 Å². The minimum absolute atomic E-state index is 0.296. The normalized spacial score (nSPS) is 11.8. The lowest BCUT2D eigenvalue weighted by Gasteiger charge is -2.04. The molecule has 0 amide bonds. The number of nitrogens with zero attached hydrogens (tertiary/aromatic N) is 3. The van der Waals surface area contributed by atoms with Crippen molar-refractivity contribution in [3.63, 3.8) is 0 Å². The summed E-state index contributed by atoms with van der Waals surface area (Å²) in [5.74, 6) is 0. The van der Waals surface area contributed by atoms with E-state index in [4.69, 9.17) is 16.9 Å². The molecule has 0 aliphatic heterocycles. The summed E-state index contributed by atoms with van der Waals surface area (Å²) >= 11 is 7.91. The van der Waals surface area contributed by atoms with Crippen LogP contribution in [0.3, 0.4) is 0 Å². The fourth-order valence-corrected chi connectivity index (χ4v) is 3.08. The first kappa shape index (κ1) is 13.7. The Bertz CT molecular complexity index is 775. The Kier molecular flexibility index (Phi) is 3.96. The van der Waals surface area contributed by atoms with Crippen LogP contribution in [-0.2, 0) is 0 Å². The van der Waals surface area contributed by atoms with Gasteiger partial charge in [-0.1, -0.05) is 53.8 Å². The van der Waals surface area contributed by atoms with Crippen LogP contribution in [0, 0.1) is 11.3 Å². The molecule has 0 fully saturated rings. The Hall–Kier alpha value is -2.22. The van der Waals surface area contributed by atoms with E-state index in [9.17, 15) is 0 Å². The van der Waals surface area contributed by atoms with Gasteiger partial charge in [0.25, 0.3) is 0 Å². The van der Waals surface area contributed by atoms with Crippen LogP contribution in [-0.4, -0.2) is 10.2 Å². The summed E-state index contributed by atoms with van der Waals surface area (Å²) in [5.41, 5.74) is 2.57. The zero-order chi connectivity index (χ0) is 14.7. The van der Waals surface area contributed by atoms with E-state index in [2.05, 4.69) is 16.3 Å². The molecule has 21 heavy (non-hydrogen) atoms. The first-order chi connectivity index (χ1) is 10.3. The van der Waals surface area contributed by atoms with Gasteiger partial charge in [0.2, 0.25) is 0 Å². The predicted octanol–water partition coefficient (Wildman–Crippen LogP) is 4.40. The number of alkyl halides is 1. The van der Waals surface area contributed by atoms with Crippen LogP contribution >= 0.6 is 22.9 Å². The zero-order valence-electron chi connectivity index (χ0n) is 10.9. The van der Waals surface area contributed by atoms with E-state index >= 15 is 0 Å². The van der Waals surface area contributed by atoms with E-state index in [-0.39, 0.29) is 5.38 Å². The van der Waals surface area contributed by atoms with Gasteiger partial charge < -0.3 is 0 Å². The van der Waals surface area contributed by atoms with Gasteiger partial charge >= 0.3 is 0 Å². The van der Waals surface area contributed by atoms with Gasteiger partial charge in [-0.05, 0) is 17.7 Å². The number of rotatable bonds is 3. The summed E-state index contributed by atoms with van der Waals surface area (Å²) in [5, 5.41) is 18.5. The third-order valence-electron chi connectivity index (χ3n) is 3.01. The fourth-order valence-electron chi connectivity index (χ4n) is 1.91. The second-order valence-electron chi connectivity index (χ2n) is 4.41. The van der Waals surface area contributed by atoms with Gasteiger partial charge in [-0.15, -0.1) is 21.8 Å². The topological polar surface area (TPSA) is 49.6 Å². The molecule has 0 radical (unpaired) electrons. The van der Waals surface area contributed by atoms with Crippen molar-refractivity contribution in [3.05, 3.63) is 70.7 Å². The molecule has 3 nitrogen and oxygen atoms in total. The second-order valence-corrected chi connectivity index (χ2v) is 5.85. The van der Waals surface area contributed by atoms with Crippen LogP contribution in [0.2, 0.25) is 0 Å². The summed E-state index contributed by atoms with van der Waals surface area (Å²) in [7, 11) is 0.